The summed E-state index contributed by atoms with van der Waals surface area (Å²) in [6, 6.07) is 11.4. The fourth-order valence-electron chi connectivity index (χ4n) is 5.28. The Morgan fingerprint density at radius 3 is 2.32 bits per heavy atom. The zero-order valence-electron chi connectivity index (χ0n) is 22.7. The van der Waals surface area contributed by atoms with Crippen LogP contribution in [0.2, 0.25) is 0 Å². The summed E-state index contributed by atoms with van der Waals surface area (Å²) in [4.78, 5) is 32.3. The second-order valence-corrected chi connectivity index (χ2v) is 10.6. The van der Waals surface area contributed by atoms with Gasteiger partial charge in [-0.1, -0.05) is 35.0 Å². The van der Waals surface area contributed by atoms with Crippen LogP contribution in [0.4, 0.5) is 0 Å². The lowest BCUT2D eigenvalue weighted by Gasteiger charge is -2.37. The highest BCUT2D eigenvalue weighted by molar-refractivity contribution is 9.10. The molecule has 7 nitrogen and oxygen atoms in total. The van der Waals surface area contributed by atoms with Crippen LogP contribution in [0.5, 0.6) is 17.2 Å². The summed E-state index contributed by atoms with van der Waals surface area (Å²) in [7, 11) is 4.76. The zero-order chi connectivity index (χ0) is 27.6. The van der Waals surface area contributed by atoms with E-state index in [1.54, 1.807) is 27.4 Å². The van der Waals surface area contributed by atoms with E-state index in [4.69, 9.17) is 23.9 Å². The third kappa shape index (κ3) is 5.37. The first kappa shape index (κ1) is 27.9. The summed E-state index contributed by atoms with van der Waals surface area (Å²) in [6.45, 7) is 5.67. The number of rotatable bonds is 8. The summed E-state index contributed by atoms with van der Waals surface area (Å²) in [5, 5.41) is 0. The number of nitrogens with zero attached hydrogens (tertiary/aromatic N) is 1. The number of ketones is 1. The maximum absolute atomic E-state index is 13.9. The fraction of sp³-hybridized carbons (Fsp3) is 0.433. The van der Waals surface area contributed by atoms with Gasteiger partial charge in [0.15, 0.2) is 17.3 Å². The van der Waals surface area contributed by atoms with Crippen molar-refractivity contribution < 1.29 is 28.5 Å². The maximum Gasteiger partial charge on any atom is 0.315 e. The van der Waals surface area contributed by atoms with E-state index < -0.39 is 11.8 Å². The Labute approximate surface area is 232 Å². The van der Waals surface area contributed by atoms with Crippen molar-refractivity contribution in [2.45, 2.75) is 58.0 Å². The van der Waals surface area contributed by atoms with Gasteiger partial charge in [-0.05, 0) is 68.0 Å². The second-order valence-electron chi connectivity index (χ2n) is 9.75. The number of esters is 1. The molecule has 2 aromatic carbocycles. The molecule has 0 aromatic heterocycles. The predicted molar refractivity (Wildman–Crippen MR) is 149 cm³/mol. The minimum absolute atomic E-state index is 0.0122. The Bertz CT molecular complexity index is 1280. The number of methoxy groups -OCH3 is 3. The Hall–Kier alpha value is -3.13. The molecule has 2 aliphatic rings. The molecule has 1 aliphatic heterocycles. The number of carbonyl (C=O) groups is 2. The minimum Gasteiger partial charge on any atom is -0.497 e. The topological polar surface area (TPSA) is 83.4 Å². The maximum atomic E-state index is 13.9. The van der Waals surface area contributed by atoms with Crippen molar-refractivity contribution in [3.63, 3.8) is 0 Å². The van der Waals surface area contributed by atoms with Crippen molar-refractivity contribution in [1.82, 2.24) is 0 Å². The molecule has 0 spiro atoms. The van der Waals surface area contributed by atoms with E-state index in [1.807, 2.05) is 51.1 Å². The Morgan fingerprint density at radius 2 is 1.71 bits per heavy atom. The Morgan fingerprint density at radius 1 is 1.05 bits per heavy atom. The van der Waals surface area contributed by atoms with Crippen LogP contribution in [0, 0.1) is 5.92 Å². The number of carbonyl (C=O) groups excluding carboxylic acids is 2. The largest absolute Gasteiger partial charge is 0.497 e. The van der Waals surface area contributed by atoms with Gasteiger partial charge in [-0.25, -0.2) is 0 Å². The molecular formula is C30H34BrNO6. The molecule has 38 heavy (non-hydrogen) atoms. The van der Waals surface area contributed by atoms with E-state index in [1.165, 1.54) is 0 Å². The number of benzene rings is 2. The summed E-state index contributed by atoms with van der Waals surface area (Å²) in [6.07, 6.45) is 1.37. The lowest BCUT2D eigenvalue weighted by Crippen LogP contribution is -2.39. The molecule has 0 saturated heterocycles. The molecule has 0 bridgehead atoms. The van der Waals surface area contributed by atoms with Gasteiger partial charge in [-0.15, -0.1) is 0 Å². The first-order valence-electron chi connectivity index (χ1n) is 12.8. The van der Waals surface area contributed by atoms with E-state index in [9.17, 15) is 9.59 Å². The number of Topliss-reactive ketones (excluding diaryl/α,β-unsaturated/α-hetero) is 1. The molecule has 1 heterocycles. The molecule has 2 aromatic rings. The SMILES string of the molecule is CC[C@@H](C)OC(=O)C1C(C)=NC2=C(C(=O)C[C@H](c3ccc(OC)cc3)C2)[C@H]1c1cc(OC)c(OC)cc1Br. The van der Waals surface area contributed by atoms with E-state index in [0.29, 0.717) is 46.5 Å². The van der Waals surface area contributed by atoms with Gasteiger partial charge in [0.05, 0.1) is 27.4 Å². The van der Waals surface area contributed by atoms with Crippen molar-refractivity contribution in [2.24, 2.45) is 10.9 Å². The van der Waals surface area contributed by atoms with E-state index in [-0.39, 0.29) is 23.8 Å². The molecular weight excluding hydrogens is 550 g/mol. The summed E-state index contributed by atoms with van der Waals surface area (Å²) in [5.41, 5.74) is 3.73. The highest BCUT2D eigenvalue weighted by atomic mass is 79.9. The number of ether oxygens (including phenoxy) is 4. The minimum atomic E-state index is -0.737. The van der Waals surface area contributed by atoms with Gasteiger partial charge >= 0.3 is 5.97 Å². The van der Waals surface area contributed by atoms with Crippen LogP contribution >= 0.6 is 15.9 Å². The average Bonchev–Trinajstić information content (AvgIpc) is 2.91. The predicted octanol–water partition coefficient (Wildman–Crippen LogP) is 6.39. The van der Waals surface area contributed by atoms with Crippen LogP contribution in [0.3, 0.4) is 0 Å². The Balaban J connectivity index is 1.83. The first-order valence-corrected chi connectivity index (χ1v) is 13.6. The standard InChI is InChI=1S/C30H34BrNO6/c1-7-16(2)38-30(34)27-17(3)32-23-12-19(18-8-10-20(35-4)11-9-18)13-24(33)29(23)28(27)21-14-25(36-5)26(37-6)15-22(21)31/h8-11,14-16,19,27-28H,7,12-13H2,1-6H3/t16-,19-,27?,28+/m1/s1. The third-order valence-corrected chi connectivity index (χ3v) is 8.15. The molecule has 4 rings (SSSR count). The highest BCUT2D eigenvalue weighted by Crippen LogP contribution is 2.50. The van der Waals surface area contributed by atoms with Gasteiger partial charge in [0, 0.05) is 33.8 Å². The van der Waals surface area contributed by atoms with Crippen LogP contribution in [0.1, 0.15) is 63.0 Å². The molecule has 0 radical (unpaired) electrons. The fourth-order valence-corrected chi connectivity index (χ4v) is 5.84. The summed E-state index contributed by atoms with van der Waals surface area (Å²) in [5.74, 6) is 0.106. The van der Waals surface area contributed by atoms with Crippen molar-refractivity contribution in [3.8, 4) is 17.2 Å². The number of aliphatic imine (C=N–C) groups is 1. The van der Waals surface area contributed by atoms with Gasteiger partial charge in [-0.3, -0.25) is 14.6 Å². The van der Waals surface area contributed by atoms with Crippen LogP contribution in [-0.4, -0.2) is 44.9 Å². The van der Waals surface area contributed by atoms with Crippen LogP contribution in [0.25, 0.3) is 0 Å². The second kappa shape index (κ2) is 11.7. The third-order valence-electron chi connectivity index (χ3n) is 7.46. The molecule has 0 fully saturated rings. The van der Waals surface area contributed by atoms with Gasteiger partial charge in [0.2, 0.25) is 0 Å². The van der Waals surface area contributed by atoms with Crippen LogP contribution in [-0.2, 0) is 14.3 Å². The first-order chi connectivity index (χ1) is 18.2. The number of halogens is 1. The van der Waals surface area contributed by atoms with Crippen molar-refractivity contribution in [3.05, 3.63) is 63.3 Å². The highest BCUT2D eigenvalue weighted by Gasteiger charge is 2.46. The molecule has 0 N–H and O–H groups in total. The molecule has 0 amide bonds. The van der Waals surface area contributed by atoms with Gasteiger partial charge in [-0.2, -0.15) is 0 Å². The van der Waals surface area contributed by atoms with E-state index in [0.717, 1.165) is 22.6 Å². The lowest BCUT2D eigenvalue weighted by atomic mass is 9.69. The summed E-state index contributed by atoms with van der Waals surface area (Å²) >= 11 is 3.67. The van der Waals surface area contributed by atoms with E-state index >= 15 is 0 Å². The van der Waals surface area contributed by atoms with Crippen molar-refractivity contribution >= 4 is 33.4 Å². The molecule has 4 atom stereocenters. The van der Waals surface area contributed by atoms with Crippen LogP contribution in [0.15, 0.2) is 57.1 Å². The molecule has 1 unspecified atom stereocenters. The number of hydrogen-bond acceptors (Lipinski definition) is 7. The molecule has 8 heteroatoms. The molecule has 202 valence electrons. The van der Waals surface area contributed by atoms with Gasteiger partial charge in [0.1, 0.15) is 11.7 Å². The number of allylic oxidation sites excluding steroid dienone is 2. The summed E-state index contributed by atoms with van der Waals surface area (Å²) < 4.78 is 22.9. The lowest BCUT2D eigenvalue weighted by molar-refractivity contribution is -0.151. The molecule has 1 aliphatic carbocycles. The van der Waals surface area contributed by atoms with Crippen LogP contribution < -0.4 is 14.2 Å². The van der Waals surface area contributed by atoms with Crippen molar-refractivity contribution in [2.75, 3.05) is 21.3 Å². The van der Waals surface area contributed by atoms with Gasteiger partial charge in [0.25, 0.3) is 0 Å². The zero-order valence-corrected chi connectivity index (χ0v) is 24.3. The average molecular weight is 585 g/mol. The normalized spacial score (nSPS) is 21.8. The number of hydrogen-bond donors (Lipinski definition) is 0. The quantitative estimate of drug-likeness (QED) is 0.335. The smallest absolute Gasteiger partial charge is 0.315 e. The van der Waals surface area contributed by atoms with Gasteiger partial charge < -0.3 is 18.9 Å². The monoisotopic (exact) mass is 583 g/mol. The Kier molecular flexibility index (Phi) is 8.61. The van der Waals surface area contributed by atoms with Crippen molar-refractivity contribution in [1.29, 1.82) is 0 Å². The molecule has 0 saturated carbocycles. The van der Waals surface area contributed by atoms with E-state index in [2.05, 4.69) is 15.9 Å².